The van der Waals surface area contributed by atoms with Gasteiger partial charge in [-0.25, -0.2) is 0 Å². The quantitative estimate of drug-likeness (QED) is 0.625. The maximum atomic E-state index is 10.5. The molecule has 0 bridgehead atoms. The van der Waals surface area contributed by atoms with Crippen LogP contribution in [-0.2, 0) is 11.3 Å². The fourth-order valence-electron chi connectivity index (χ4n) is 0.872. The number of carbonyl (C=O) groups is 1. The average Bonchev–Trinajstić information content (AvgIpc) is 2.55. The molecule has 0 atom stereocenters. The largest absolute Gasteiger partial charge is 0.364 e. The van der Waals surface area contributed by atoms with E-state index in [1.54, 1.807) is 6.07 Å². The van der Waals surface area contributed by atoms with Crippen molar-refractivity contribution in [2.45, 2.75) is 13.5 Å². The highest BCUT2D eigenvalue weighted by molar-refractivity contribution is 5.72. The van der Waals surface area contributed by atoms with Crippen molar-refractivity contribution in [1.82, 2.24) is 15.8 Å². The van der Waals surface area contributed by atoms with Crippen LogP contribution in [0.3, 0.4) is 0 Å². The lowest BCUT2D eigenvalue weighted by atomic mass is 10.4. The van der Waals surface area contributed by atoms with E-state index in [4.69, 9.17) is 0 Å². The molecule has 13 heavy (non-hydrogen) atoms. The third-order valence-electron chi connectivity index (χ3n) is 1.47. The van der Waals surface area contributed by atoms with Gasteiger partial charge in [-0.1, -0.05) is 5.16 Å². The van der Waals surface area contributed by atoms with E-state index in [0.29, 0.717) is 13.1 Å². The third-order valence-corrected chi connectivity index (χ3v) is 1.47. The maximum absolute atomic E-state index is 10.5. The van der Waals surface area contributed by atoms with Crippen molar-refractivity contribution in [3.63, 3.8) is 0 Å². The molecule has 0 aliphatic carbocycles. The topological polar surface area (TPSA) is 67.2 Å². The average molecular weight is 183 g/mol. The molecular formula is C8H13N3O2. The van der Waals surface area contributed by atoms with Crippen molar-refractivity contribution in [3.8, 4) is 0 Å². The van der Waals surface area contributed by atoms with Gasteiger partial charge in [0, 0.05) is 32.6 Å². The Balaban J connectivity index is 1.99. The molecule has 72 valence electrons. The Morgan fingerprint density at radius 3 is 3.08 bits per heavy atom. The van der Waals surface area contributed by atoms with Crippen LogP contribution in [0, 0.1) is 0 Å². The predicted molar refractivity (Wildman–Crippen MR) is 46.9 cm³/mol. The SMILES string of the molecule is CC(=O)NCCNCc1ccon1. The van der Waals surface area contributed by atoms with E-state index in [2.05, 4.69) is 20.3 Å². The van der Waals surface area contributed by atoms with Crippen LogP contribution in [0.15, 0.2) is 16.9 Å². The van der Waals surface area contributed by atoms with Gasteiger partial charge in [-0.3, -0.25) is 4.79 Å². The number of amides is 1. The summed E-state index contributed by atoms with van der Waals surface area (Å²) < 4.78 is 4.65. The van der Waals surface area contributed by atoms with Crippen LogP contribution in [0.2, 0.25) is 0 Å². The van der Waals surface area contributed by atoms with Crippen LogP contribution in [0.5, 0.6) is 0 Å². The minimum atomic E-state index is -0.0109. The van der Waals surface area contributed by atoms with Crippen LogP contribution >= 0.6 is 0 Å². The van der Waals surface area contributed by atoms with Gasteiger partial charge in [-0.05, 0) is 0 Å². The zero-order chi connectivity index (χ0) is 9.52. The van der Waals surface area contributed by atoms with Gasteiger partial charge in [0.25, 0.3) is 0 Å². The van der Waals surface area contributed by atoms with E-state index in [1.165, 1.54) is 13.2 Å². The molecule has 0 saturated carbocycles. The highest BCUT2D eigenvalue weighted by atomic mass is 16.5. The van der Waals surface area contributed by atoms with Gasteiger partial charge >= 0.3 is 0 Å². The maximum Gasteiger partial charge on any atom is 0.216 e. The van der Waals surface area contributed by atoms with E-state index in [0.717, 1.165) is 12.2 Å². The van der Waals surface area contributed by atoms with Crippen LogP contribution in [0.25, 0.3) is 0 Å². The Morgan fingerprint density at radius 1 is 1.62 bits per heavy atom. The van der Waals surface area contributed by atoms with Crippen molar-refractivity contribution in [1.29, 1.82) is 0 Å². The number of rotatable bonds is 5. The molecule has 0 aliphatic heterocycles. The van der Waals surface area contributed by atoms with Crippen molar-refractivity contribution in [2.24, 2.45) is 0 Å². The molecule has 5 nitrogen and oxygen atoms in total. The highest BCUT2D eigenvalue weighted by Crippen LogP contribution is 1.91. The summed E-state index contributed by atoms with van der Waals surface area (Å²) in [6, 6.07) is 1.80. The predicted octanol–water partition coefficient (Wildman–Crippen LogP) is -0.0997. The molecule has 0 saturated heterocycles. The normalized spacial score (nSPS) is 9.92. The zero-order valence-electron chi connectivity index (χ0n) is 7.54. The number of aromatic nitrogens is 1. The van der Waals surface area contributed by atoms with Gasteiger partial charge in [0.05, 0.1) is 5.69 Å². The Labute approximate surface area is 76.5 Å². The number of nitrogens with zero attached hydrogens (tertiary/aromatic N) is 1. The fourth-order valence-corrected chi connectivity index (χ4v) is 0.872. The molecule has 0 aromatic carbocycles. The van der Waals surface area contributed by atoms with Crippen molar-refractivity contribution in [3.05, 3.63) is 18.0 Å². The first-order chi connectivity index (χ1) is 6.29. The Kier molecular flexibility index (Phi) is 3.98. The molecule has 1 rings (SSSR count). The van der Waals surface area contributed by atoms with Gasteiger partial charge < -0.3 is 15.2 Å². The summed E-state index contributed by atoms with van der Waals surface area (Å²) in [5.41, 5.74) is 0.864. The van der Waals surface area contributed by atoms with Gasteiger partial charge in [0.2, 0.25) is 5.91 Å². The molecule has 0 fully saturated rings. The second-order valence-electron chi connectivity index (χ2n) is 2.65. The Hall–Kier alpha value is -1.36. The number of hydrogen-bond donors (Lipinski definition) is 2. The number of carbonyl (C=O) groups excluding carboxylic acids is 1. The molecule has 2 N–H and O–H groups in total. The van der Waals surface area contributed by atoms with Gasteiger partial charge in [0.1, 0.15) is 6.26 Å². The highest BCUT2D eigenvalue weighted by Gasteiger charge is 1.94. The fraction of sp³-hybridized carbons (Fsp3) is 0.500. The Morgan fingerprint density at radius 2 is 2.46 bits per heavy atom. The van der Waals surface area contributed by atoms with Crippen molar-refractivity contribution in [2.75, 3.05) is 13.1 Å². The Bertz CT molecular complexity index is 246. The first-order valence-electron chi connectivity index (χ1n) is 4.13. The molecular weight excluding hydrogens is 170 g/mol. The van der Waals surface area contributed by atoms with E-state index in [9.17, 15) is 4.79 Å². The number of nitrogens with one attached hydrogen (secondary N) is 2. The molecule has 5 heteroatoms. The van der Waals surface area contributed by atoms with Crippen LogP contribution in [0.4, 0.5) is 0 Å². The van der Waals surface area contributed by atoms with E-state index >= 15 is 0 Å². The molecule has 0 unspecified atom stereocenters. The molecule has 1 amide bonds. The van der Waals surface area contributed by atoms with Gasteiger partial charge in [0.15, 0.2) is 0 Å². The van der Waals surface area contributed by atoms with Gasteiger partial charge in [-0.15, -0.1) is 0 Å². The molecule has 0 radical (unpaired) electrons. The third kappa shape index (κ3) is 4.27. The van der Waals surface area contributed by atoms with Gasteiger partial charge in [-0.2, -0.15) is 0 Å². The zero-order valence-corrected chi connectivity index (χ0v) is 7.54. The summed E-state index contributed by atoms with van der Waals surface area (Å²) in [6.07, 6.45) is 1.53. The lowest BCUT2D eigenvalue weighted by Crippen LogP contribution is -2.29. The standard InChI is InChI=1S/C8H13N3O2/c1-7(12)10-4-3-9-6-8-2-5-13-11-8/h2,5,9H,3-4,6H2,1H3,(H,10,12). The first-order valence-corrected chi connectivity index (χ1v) is 4.13. The summed E-state index contributed by atoms with van der Waals surface area (Å²) in [6.45, 7) is 3.52. The summed E-state index contributed by atoms with van der Waals surface area (Å²) in [7, 11) is 0. The van der Waals surface area contributed by atoms with E-state index < -0.39 is 0 Å². The lowest BCUT2D eigenvalue weighted by molar-refractivity contribution is -0.118. The smallest absolute Gasteiger partial charge is 0.216 e. The molecule has 1 heterocycles. The minimum absolute atomic E-state index is 0.0109. The van der Waals surface area contributed by atoms with E-state index in [1.807, 2.05) is 0 Å². The molecule has 1 aromatic heterocycles. The first kappa shape index (κ1) is 9.73. The summed E-state index contributed by atoms with van der Waals surface area (Å²) in [5.74, 6) is -0.0109. The lowest BCUT2D eigenvalue weighted by Gasteiger charge is -2.02. The second kappa shape index (κ2) is 5.31. The minimum Gasteiger partial charge on any atom is -0.364 e. The van der Waals surface area contributed by atoms with Crippen LogP contribution in [-0.4, -0.2) is 24.2 Å². The monoisotopic (exact) mass is 183 g/mol. The second-order valence-corrected chi connectivity index (χ2v) is 2.65. The van der Waals surface area contributed by atoms with E-state index in [-0.39, 0.29) is 5.91 Å². The number of hydrogen-bond acceptors (Lipinski definition) is 4. The molecule has 0 aliphatic rings. The van der Waals surface area contributed by atoms with Crippen LogP contribution in [0.1, 0.15) is 12.6 Å². The summed E-state index contributed by atoms with van der Waals surface area (Å²) in [4.78, 5) is 10.5. The summed E-state index contributed by atoms with van der Waals surface area (Å²) in [5, 5.41) is 9.51. The molecule has 0 spiro atoms. The van der Waals surface area contributed by atoms with Crippen molar-refractivity contribution >= 4 is 5.91 Å². The van der Waals surface area contributed by atoms with Crippen LogP contribution < -0.4 is 10.6 Å². The molecule has 1 aromatic rings. The summed E-state index contributed by atoms with van der Waals surface area (Å²) >= 11 is 0. The van der Waals surface area contributed by atoms with Crippen molar-refractivity contribution < 1.29 is 9.32 Å².